The molecule has 2 aromatic carbocycles. The fraction of sp³-hybridized carbons (Fsp3) is 0.269. The van der Waals surface area contributed by atoms with Gasteiger partial charge in [0.2, 0.25) is 5.91 Å². The average molecular weight is 415 g/mol. The van der Waals surface area contributed by atoms with Crippen molar-refractivity contribution in [2.75, 3.05) is 13.1 Å². The molecule has 1 fully saturated rings. The zero-order valence-electron chi connectivity index (χ0n) is 17.4. The topological polar surface area (TPSA) is 59.5 Å². The smallest absolute Gasteiger partial charge is 0.311 e. The van der Waals surface area contributed by atoms with E-state index in [4.69, 9.17) is 4.74 Å². The summed E-state index contributed by atoms with van der Waals surface area (Å²) in [6.45, 7) is 1.08. The van der Waals surface area contributed by atoms with E-state index in [0.717, 1.165) is 24.0 Å². The molecule has 4 rings (SSSR count). The van der Waals surface area contributed by atoms with Crippen LogP contribution in [0.1, 0.15) is 35.8 Å². The van der Waals surface area contributed by atoms with Gasteiger partial charge in [-0.1, -0.05) is 66.7 Å². The average Bonchev–Trinajstić information content (AvgIpc) is 2.84. The van der Waals surface area contributed by atoms with Crippen molar-refractivity contribution in [3.05, 3.63) is 102 Å². The fourth-order valence-corrected chi connectivity index (χ4v) is 3.95. The van der Waals surface area contributed by atoms with Gasteiger partial charge >= 0.3 is 5.97 Å². The Kier molecular flexibility index (Phi) is 6.72. The van der Waals surface area contributed by atoms with Crippen molar-refractivity contribution in [3.63, 3.8) is 0 Å². The first-order valence-electron chi connectivity index (χ1n) is 10.7. The Morgan fingerprint density at radius 3 is 2.39 bits per heavy atom. The molecule has 0 saturated carbocycles. The van der Waals surface area contributed by atoms with Crippen LogP contribution >= 0.6 is 0 Å². The van der Waals surface area contributed by atoms with E-state index in [0.29, 0.717) is 25.2 Å². The number of hydrogen-bond acceptors (Lipinski definition) is 4. The maximum Gasteiger partial charge on any atom is 0.311 e. The van der Waals surface area contributed by atoms with Crippen molar-refractivity contribution in [1.29, 1.82) is 0 Å². The molecule has 1 aliphatic rings. The second-order valence-corrected chi connectivity index (χ2v) is 7.82. The first kappa shape index (κ1) is 20.8. The van der Waals surface area contributed by atoms with Crippen LogP contribution in [0.3, 0.4) is 0 Å². The fourth-order valence-electron chi connectivity index (χ4n) is 3.95. The third-order valence-electron chi connectivity index (χ3n) is 5.60. The van der Waals surface area contributed by atoms with Gasteiger partial charge in [0, 0.05) is 19.3 Å². The summed E-state index contributed by atoms with van der Waals surface area (Å²) in [7, 11) is 0. The van der Waals surface area contributed by atoms with Gasteiger partial charge in [0.15, 0.2) is 6.10 Å². The number of likely N-dealkylation sites (tertiary alicyclic amines) is 1. The number of esters is 1. The lowest BCUT2D eigenvalue weighted by atomic mass is 9.97. The number of ether oxygens (including phenoxy) is 1. The van der Waals surface area contributed by atoms with E-state index in [2.05, 4.69) is 4.98 Å². The van der Waals surface area contributed by atoms with Gasteiger partial charge in [-0.25, -0.2) is 0 Å². The number of rotatable bonds is 6. The monoisotopic (exact) mass is 414 g/mol. The largest absolute Gasteiger partial charge is 0.451 e. The third kappa shape index (κ3) is 5.37. The molecule has 3 aromatic rings. The van der Waals surface area contributed by atoms with Crippen LogP contribution < -0.4 is 0 Å². The van der Waals surface area contributed by atoms with Crippen LogP contribution in [0.25, 0.3) is 0 Å². The van der Waals surface area contributed by atoms with Crippen molar-refractivity contribution >= 4 is 11.9 Å². The van der Waals surface area contributed by atoms with E-state index < -0.39 is 6.10 Å². The lowest BCUT2D eigenvalue weighted by molar-refractivity contribution is -0.155. The number of nitrogens with zero attached hydrogens (tertiary/aromatic N) is 2. The van der Waals surface area contributed by atoms with Gasteiger partial charge in [0.05, 0.1) is 18.0 Å². The molecule has 31 heavy (non-hydrogen) atoms. The summed E-state index contributed by atoms with van der Waals surface area (Å²) >= 11 is 0. The van der Waals surface area contributed by atoms with Gasteiger partial charge in [0.1, 0.15) is 0 Å². The SMILES string of the molecule is O=C(OC(c1ccccc1)c1ccccn1)C1CCCN(C(=O)Cc2ccccc2)C1. The Morgan fingerprint density at radius 1 is 0.968 bits per heavy atom. The number of benzene rings is 2. The van der Waals surface area contributed by atoms with Crippen LogP contribution in [0.15, 0.2) is 85.1 Å². The summed E-state index contributed by atoms with van der Waals surface area (Å²) in [4.78, 5) is 32.1. The normalized spacial score (nSPS) is 17.0. The van der Waals surface area contributed by atoms with Crippen molar-refractivity contribution in [3.8, 4) is 0 Å². The highest BCUT2D eigenvalue weighted by Crippen LogP contribution is 2.27. The van der Waals surface area contributed by atoms with E-state index >= 15 is 0 Å². The van der Waals surface area contributed by atoms with Gasteiger partial charge in [0.25, 0.3) is 0 Å². The van der Waals surface area contributed by atoms with Crippen LogP contribution in [0, 0.1) is 5.92 Å². The minimum atomic E-state index is -0.565. The first-order valence-corrected chi connectivity index (χ1v) is 10.7. The van der Waals surface area contributed by atoms with Crippen molar-refractivity contribution in [2.24, 2.45) is 5.92 Å². The molecule has 0 radical (unpaired) electrons. The molecule has 2 heterocycles. The molecule has 2 unspecified atom stereocenters. The van der Waals surface area contributed by atoms with Gasteiger partial charge in [-0.15, -0.1) is 0 Å². The lowest BCUT2D eigenvalue weighted by Crippen LogP contribution is -2.43. The number of aromatic nitrogens is 1. The van der Waals surface area contributed by atoms with Crippen LogP contribution in [0.4, 0.5) is 0 Å². The summed E-state index contributed by atoms with van der Waals surface area (Å²) < 4.78 is 5.97. The number of hydrogen-bond donors (Lipinski definition) is 0. The van der Waals surface area contributed by atoms with E-state index in [1.165, 1.54) is 0 Å². The number of pyridine rings is 1. The zero-order valence-corrected chi connectivity index (χ0v) is 17.4. The molecule has 158 valence electrons. The van der Waals surface area contributed by atoms with Crippen molar-refractivity contribution in [1.82, 2.24) is 9.88 Å². The highest BCUT2D eigenvalue weighted by Gasteiger charge is 2.32. The Balaban J connectivity index is 1.44. The van der Waals surface area contributed by atoms with E-state index in [1.54, 1.807) is 11.1 Å². The summed E-state index contributed by atoms with van der Waals surface area (Å²) in [5.74, 6) is -0.562. The maximum absolute atomic E-state index is 13.1. The molecule has 0 spiro atoms. The number of carbonyl (C=O) groups excluding carboxylic acids is 2. The van der Waals surface area contributed by atoms with Crippen LogP contribution in [0.5, 0.6) is 0 Å². The maximum atomic E-state index is 13.1. The Morgan fingerprint density at radius 2 is 1.68 bits per heavy atom. The van der Waals surface area contributed by atoms with Crippen LogP contribution in [0.2, 0.25) is 0 Å². The van der Waals surface area contributed by atoms with Gasteiger partial charge in [-0.05, 0) is 36.1 Å². The quantitative estimate of drug-likeness (QED) is 0.568. The first-order chi connectivity index (χ1) is 15.2. The molecule has 1 aliphatic heterocycles. The van der Waals surface area contributed by atoms with E-state index in [-0.39, 0.29) is 17.8 Å². The standard InChI is InChI=1S/C26H26N2O3/c29-24(18-20-10-3-1-4-11-20)28-17-9-14-22(19-28)26(30)31-25(21-12-5-2-6-13-21)23-15-7-8-16-27-23/h1-8,10-13,15-16,22,25H,9,14,17-19H2. The Labute approximate surface area is 182 Å². The van der Waals surface area contributed by atoms with Gasteiger partial charge < -0.3 is 9.64 Å². The highest BCUT2D eigenvalue weighted by molar-refractivity contribution is 5.80. The molecule has 1 aromatic heterocycles. The van der Waals surface area contributed by atoms with E-state index in [1.807, 2.05) is 78.9 Å². The number of carbonyl (C=O) groups is 2. The molecule has 1 saturated heterocycles. The van der Waals surface area contributed by atoms with Crippen molar-refractivity contribution in [2.45, 2.75) is 25.4 Å². The second kappa shape index (κ2) is 10.0. The summed E-state index contributed by atoms with van der Waals surface area (Å²) in [6.07, 6.45) is 3.00. The minimum Gasteiger partial charge on any atom is -0.451 e. The molecular weight excluding hydrogens is 388 g/mol. The van der Waals surface area contributed by atoms with Crippen LogP contribution in [-0.2, 0) is 20.7 Å². The van der Waals surface area contributed by atoms with Gasteiger partial charge in [-0.2, -0.15) is 0 Å². The highest BCUT2D eigenvalue weighted by atomic mass is 16.5. The number of piperidine rings is 1. The summed E-state index contributed by atoms with van der Waals surface area (Å²) in [6, 6.07) is 24.9. The molecule has 0 N–H and O–H groups in total. The lowest BCUT2D eigenvalue weighted by Gasteiger charge is -2.32. The molecule has 2 atom stereocenters. The summed E-state index contributed by atoms with van der Waals surface area (Å²) in [5, 5.41) is 0. The molecule has 5 heteroatoms. The van der Waals surface area contributed by atoms with Crippen molar-refractivity contribution < 1.29 is 14.3 Å². The summed E-state index contributed by atoms with van der Waals surface area (Å²) in [5.41, 5.74) is 2.55. The molecule has 0 bridgehead atoms. The second-order valence-electron chi connectivity index (χ2n) is 7.82. The van der Waals surface area contributed by atoms with E-state index in [9.17, 15) is 9.59 Å². The molecule has 5 nitrogen and oxygen atoms in total. The number of amides is 1. The molecule has 0 aliphatic carbocycles. The zero-order chi connectivity index (χ0) is 21.5. The van der Waals surface area contributed by atoms with Gasteiger partial charge in [-0.3, -0.25) is 14.6 Å². The molecular formula is C26H26N2O3. The minimum absolute atomic E-state index is 0.0491. The third-order valence-corrected chi connectivity index (χ3v) is 5.60. The predicted molar refractivity (Wildman–Crippen MR) is 118 cm³/mol. The Bertz CT molecular complexity index is 953. The predicted octanol–water partition coefficient (Wildman–Crippen LogP) is 4.20. The molecule has 1 amide bonds. The Hall–Kier alpha value is -3.47. The van der Waals surface area contributed by atoms with Crippen LogP contribution in [-0.4, -0.2) is 34.8 Å².